The molecule has 1 saturated heterocycles. The largest absolute Gasteiger partial charge is 0.390 e. The van der Waals surface area contributed by atoms with Crippen molar-refractivity contribution < 1.29 is 5.11 Å². The van der Waals surface area contributed by atoms with Crippen molar-refractivity contribution in [3.05, 3.63) is 0 Å². The van der Waals surface area contributed by atoms with Crippen LogP contribution in [0.5, 0.6) is 0 Å². The summed E-state index contributed by atoms with van der Waals surface area (Å²) in [7, 11) is 1.96. The van der Waals surface area contributed by atoms with Gasteiger partial charge in [-0.15, -0.1) is 6.42 Å². The quantitative estimate of drug-likeness (QED) is 0.443. The van der Waals surface area contributed by atoms with Crippen molar-refractivity contribution in [2.45, 2.75) is 6.10 Å². The molecule has 0 aromatic rings. The number of terminal acetylenes is 1. The molecule has 1 heterocycles. The van der Waals surface area contributed by atoms with Gasteiger partial charge in [0.2, 0.25) is 0 Å². The molecule has 0 radical (unpaired) electrons. The van der Waals surface area contributed by atoms with Gasteiger partial charge in [0.25, 0.3) is 0 Å². The lowest BCUT2D eigenvalue weighted by Crippen LogP contribution is -2.16. The van der Waals surface area contributed by atoms with Crippen LogP contribution < -0.4 is 0 Å². The van der Waals surface area contributed by atoms with E-state index in [-0.39, 0.29) is 12.0 Å². The molecule has 0 aromatic carbocycles. The summed E-state index contributed by atoms with van der Waals surface area (Å²) in [6.45, 7) is 1.55. The number of likely N-dealkylation sites (N-methyl/N-ethyl adjacent to an activating group) is 1. The van der Waals surface area contributed by atoms with E-state index >= 15 is 0 Å². The zero-order chi connectivity index (χ0) is 6.85. The minimum Gasteiger partial charge on any atom is -0.390 e. The second kappa shape index (κ2) is 2.38. The van der Waals surface area contributed by atoms with E-state index in [0.717, 1.165) is 13.1 Å². The van der Waals surface area contributed by atoms with Crippen molar-refractivity contribution in [1.82, 2.24) is 4.90 Å². The normalized spacial score (nSPS) is 36.6. The monoisotopic (exact) mass is 125 g/mol. The Kier molecular flexibility index (Phi) is 1.75. The second-order valence-corrected chi connectivity index (χ2v) is 2.56. The van der Waals surface area contributed by atoms with Crippen molar-refractivity contribution in [3.8, 4) is 12.3 Å². The number of hydrogen-bond donors (Lipinski definition) is 1. The number of likely N-dealkylation sites (tertiary alicyclic amines) is 1. The molecule has 1 aliphatic heterocycles. The molecule has 1 rings (SSSR count). The maximum atomic E-state index is 9.18. The third-order valence-electron chi connectivity index (χ3n) is 1.69. The van der Waals surface area contributed by atoms with Crippen LogP contribution >= 0.6 is 0 Å². The molecule has 1 N–H and O–H groups in total. The summed E-state index contributed by atoms with van der Waals surface area (Å²) in [5.41, 5.74) is 0. The van der Waals surface area contributed by atoms with E-state index in [1.165, 1.54) is 0 Å². The van der Waals surface area contributed by atoms with E-state index in [0.29, 0.717) is 0 Å². The van der Waals surface area contributed by atoms with E-state index in [1.54, 1.807) is 0 Å². The van der Waals surface area contributed by atoms with Crippen LogP contribution in [0.25, 0.3) is 0 Å². The summed E-state index contributed by atoms with van der Waals surface area (Å²) >= 11 is 0. The number of β-amino-alcohol motifs (C(OH)–C–C–N with tert-alkyl or cyclic N) is 1. The highest BCUT2D eigenvalue weighted by Gasteiger charge is 2.26. The van der Waals surface area contributed by atoms with Crippen molar-refractivity contribution >= 4 is 0 Å². The van der Waals surface area contributed by atoms with Gasteiger partial charge in [-0.1, -0.05) is 5.92 Å². The van der Waals surface area contributed by atoms with Gasteiger partial charge in [-0.25, -0.2) is 0 Å². The topological polar surface area (TPSA) is 23.5 Å². The molecule has 2 unspecified atom stereocenters. The Balaban J connectivity index is 2.50. The van der Waals surface area contributed by atoms with E-state index in [9.17, 15) is 5.11 Å². The summed E-state index contributed by atoms with van der Waals surface area (Å²) in [5.74, 6) is 2.60. The highest BCUT2D eigenvalue weighted by atomic mass is 16.3. The predicted octanol–water partition coefficient (Wildman–Crippen LogP) is -0.458. The van der Waals surface area contributed by atoms with Gasteiger partial charge in [0.15, 0.2) is 0 Å². The molecule has 0 aliphatic carbocycles. The summed E-state index contributed by atoms with van der Waals surface area (Å²) in [4.78, 5) is 2.04. The lowest BCUT2D eigenvalue weighted by atomic mass is 10.1. The van der Waals surface area contributed by atoms with Gasteiger partial charge in [0, 0.05) is 13.1 Å². The maximum absolute atomic E-state index is 9.18. The predicted molar refractivity (Wildman–Crippen MR) is 35.8 cm³/mol. The Morgan fingerprint density at radius 3 is 2.56 bits per heavy atom. The molecule has 0 bridgehead atoms. The third kappa shape index (κ3) is 1.24. The zero-order valence-corrected chi connectivity index (χ0v) is 5.54. The first-order valence-electron chi connectivity index (χ1n) is 3.07. The zero-order valence-electron chi connectivity index (χ0n) is 5.54. The maximum Gasteiger partial charge on any atom is 0.0816 e. The van der Waals surface area contributed by atoms with E-state index < -0.39 is 0 Å². The Morgan fingerprint density at radius 2 is 2.33 bits per heavy atom. The van der Waals surface area contributed by atoms with E-state index in [1.807, 2.05) is 11.9 Å². The van der Waals surface area contributed by atoms with Crippen LogP contribution in [0.3, 0.4) is 0 Å². The molecule has 9 heavy (non-hydrogen) atoms. The minimum absolute atomic E-state index is 0.0509. The number of hydrogen-bond acceptors (Lipinski definition) is 2. The average Bonchev–Trinajstić information content (AvgIpc) is 2.10. The van der Waals surface area contributed by atoms with Gasteiger partial charge in [-0.05, 0) is 7.05 Å². The second-order valence-electron chi connectivity index (χ2n) is 2.56. The standard InChI is InChI=1S/C7H11NO/c1-3-6-4-8(2)5-7(6)9/h1,6-7,9H,4-5H2,2H3. The van der Waals surface area contributed by atoms with Crippen molar-refractivity contribution in [1.29, 1.82) is 0 Å². The molecule has 50 valence electrons. The Morgan fingerprint density at radius 1 is 1.67 bits per heavy atom. The molecule has 1 fully saturated rings. The van der Waals surface area contributed by atoms with Crippen LogP contribution in [0.4, 0.5) is 0 Å². The fourth-order valence-corrected chi connectivity index (χ4v) is 1.14. The van der Waals surface area contributed by atoms with Gasteiger partial charge in [0.05, 0.1) is 12.0 Å². The molecule has 0 aromatic heterocycles. The first-order chi connectivity index (χ1) is 4.24. The number of nitrogens with zero attached hydrogens (tertiary/aromatic N) is 1. The summed E-state index contributed by atoms with van der Waals surface area (Å²) in [6.07, 6.45) is 4.84. The summed E-state index contributed by atoms with van der Waals surface area (Å²) in [6, 6.07) is 0. The van der Waals surface area contributed by atoms with Crippen LogP contribution in [0, 0.1) is 18.3 Å². The molecule has 0 amide bonds. The van der Waals surface area contributed by atoms with E-state index in [4.69, 9.17) is 6.42 Å². The Hall–Kier alpha value is -0.520. The van der Waals surface area contributed by atoms with Crippen LogP contribution in [-0.4, -0.2) is 36.2 Å². The fraction of sp³-hybridized carbons (Fsp3) is 0.714. The summed E-state index contributed by atoms with van der Waals surface area (Å²) < 4.78 is 0. The number of aliphatic hydroxyl groups excluding tert-OH is 1. The van der Waals surface area contributed by atoms with Crippen LogP contribution in [0.15, 0.2) is 0 Å². The average molecular weight is 125 g/mol. The third-order valence-corrected chi connectivity index (χ3v) is 1.69. The lowest BCUT2D eigenvalue weighted by Gasteiger charge is -2.02. The van der Waals surface area contributed by atoms with Crippen LogP contribution in [0.1, 0.15) is 0 Å². The molecule has 2 heteroatoms. The first-order valence-corrected chi connectivity index (χ1v) is 3.07. The van der Waals surface area contributed by atoms with Crippen molar-refractivity contribution in [3.63, 3.8) is 0 Å². The SMILES string of the molecule is C#CC1CN(C)CC1O. The van der Waals surface area contributed by atoms with Crippen LogP contribution in [-0.2, 0) is 0 Å². The van der Waals surface area contributed by atoms with Gasteiger partial charge >= 0.3 is 0 Å². The van der Waals surface area contributed by atoms with Gasteiger partial charge < -0.3 is 10.0 Å². The van der Waals surface area contributed by atoms with Gasteiger partial charge in [-0.2, -0.15) is 0 Å². The molecule has 1 aliphatic rings. The fourth-order valence-electron chi connectivity index (χ4n) is 1.14. The lowest BCUT2D eigenvalue weighted by molar-refractivity contribution is 0.163. The first kappa shape index (κ1) is 6.60. The van der Waals surface area contributed by atoms with E-state index in [2.05, 4.69) is 5.92 Å². The van der Waals surface area contributed by atoms with Crippen molar-refractivity contribution in [2.75, 3.05) is 20.1 Å². The highest BCUT2D eigenvalue weighted by Crippen LogP contribution is 2.13. The molecule has 2 atom stereocenters. The molecular formula is C7H11NO. The molecule has 0 spiro atoms. The highest BCUT2D eigenvalue weighted by molar-refractivity contribution is 5.02. The number of aliphatic hydroxyl groups is 1. The molecule has 0 saturated carbocycles. The summed E-state index contributed by atoms with van der Waals surface area (Å²) in [5, 5.41) is 9.18. The van der Waals surface area contributed by atoms with Crippen LogP contribution in [0.2, 0.25) is 0 Å². The Bertz CT molecular complexity index is 138. The molecule has 2 nitrogen and oxygen atoms in total. The molecular weight excluding hydrogens is 114 g/mol. The van der Waals surface area contributed by atoms with Crippen molar-refractivity contribution in [2.24, 2.45) is 5.92 Å². The van der Waals surface area contributed by atoms with Gasteiger partial charge in [-0.3, -0.25) is 0 Å². The smallest absolute Gasteiger partial charge is 0.0816 e. The number of rotatable bonds is 0. The van der Waals surface area contributed by atoms with Gasteiger partial charge in [0.1, 0.15) is 0 Å². The minimum atomic E-state index is -0.306. The Labute approximate surface area is 55.5 Å².